The van der Waals surface area contributed by atoms with Gasteiger partial charge in [0.15, 0.2) is 0 Å². The van der Waals surface area contributed by atoms with Gasteiger partial charge in [-0.3, -0.25) is 19.8 Å². The Morgan fingerprint density at radius 2 is 1.94 bits per heavy atom. The number of aromatic nitrogens is 1. The first kappa shape index (κ1) is 23.7. The van der Waals surface area contributed by atoms with Gasteiger partial charge in [-0.25, -0.2) is 5.06 Å². The molecule has 1 aromatic heterocycles. The second-order valence-electron chi connectivity index (χ2n) is 9.12. The molecule has 34 heavy (non-hydrogen) atoms. The molecule has 1 aliphatic rings. The fraction of sp³-hybridized carbons (Fsp3) is 0.346. The standard InChI is InChI=1S/C26H30N4O4/c1-18(2)15-30(33)24(31)16-29-14-12-26(27,25(29)32)20-7-9-21(10-8-20)34-17-19-11-13-28-23-6-4-3-5-22(19)23/h3-11,13,18,33H,12,14-17,27H2,1-2H3. The molecular formula is C26H30N4O4. The maximum atomic E-state index is 13.0. The lowest BCUT2D eigenvalue weighted by atomic mass is 9.89. The van der Waals surface area contributed by atoms with E-state index in [0.29, 0.717) is 35.9 Å². The molecule has 1 fully saturated rings. The van der Waals surface area contributed by atoms with Crippen LogP contribution in [0, 0.1) is 5.92 Å². The van der Waals surface area contributed by atoms with E-state index in [0.717, 1.165) is 16.5 Å². The Balaban J connectivity index is 1.40. The summed E-state index contributed by atoms with van der Waals surface area (Å²) in [6, 6.07) is 17.0. The number of rotatable bonds is 8. The van der Waals surface area contributed by atoms with Gasteiger partial charge < -0.3 is 15.4 Å². The molecule has 0 spiro atoms. The Kier molecular flexibility index (Phi) is 6.81. The number of nitrogens with zero attached hydrogens (tertiary/aromatic N) is 3. The molecule has 8 heteroatoms. The van der Waals surface area contributed by atoms with Gasteiger partial charge in [-0.2, -0.15) is 0 Å². The van der Waals surface area contributed by atoms with E-state index in [1.807, 2.05) is 44.2 Å². The van der Waals surface area contributed by atoms with Gasteiger partial charge in [0.05, 0.1) is 12.1 Å². The number of para-hydroxylation sites is 1. The lowest BCUT2D eigenvalue weighted by Crippen LogP contribution is -2.48. The number of hydrogen-bond donors (Lipinski definition) is 2. The van der Waals surface area contributed by atoms with Crippen molar-refractivity contribution in [3.8, 4) is 5.75 Å². The Labute approximate surface area is 198 Å². The molecule has 1 saturated heterocycles. The normalized spacial score (nSPS) is 18.0. The van der Waals surface area contributed by atoms with Crippen molar-refractivity contribution in [2.24, 2.45) is 11.7 Å². The quantitative estimate of drug-likeness (QED) is 0.393. The smallest absolute Gasteiger partial charge is 0.265 e. The summed E-state index contributed by atoms with van der Waals surface area (Å²) in [5.74, 6) is -0.0559. The van der Waals surface area contributed by atoms with Gasteiger partial charge in [0.2, 0.25) is 5.91 Å². The minimum absolute atomic E-state index is 0.120. The third-order valence-corrected chi connectivity index (χ3v) is 6.10. The first-order chi connectivity index (χ1) is 16.3. The number of fused-ring (bicyclic) bond motifs is 1. The van der Waals surface area contributed by atoms with Crippen molar-refractivity contribution in [1.29, 1.82) is 0 Å². The third-order valence-electron chi connectivity index (χ3n) is 6.10. The fourth-order valence-electron chi connectivity index (χ4n) is 4.20. The summed E-state index contributed by atoms with van der Waals surface area (Å²) in [7, 11) is 0. The van der Waals surface area contributed by atoms with Gasteiger partial charge in [0.1, 0.15) is 24.4 Å². The number of likely N-dealkylation sites (tertiary alicyclic amines) is 1. The van der Waals surface area contributed by atoms with E-state index in [-0.39, 0.29) is 24.9 Å². The van der Waals surface area contributed by atoms with E-state index in [1.165, 1.54) is 4.90 Å². The van der Waals surface area contributed by atoms with Crippen LogP contribution in [0.3, 0.4) is 0 Å². The molecule has 4 rings (SSSR count). The Hall–Kier alpha value is -3.49. The molecule has 3 N–H and O–H groups in total. The highest BCUT2D eigenvalue weighted by Gasteiger charge is 2.45. The Morgan fingerprint density at radius 3 is 2.68 bits per heavy atom. The zero-order valence-corrected chi connectivity index (χ0v) is 19.5. The molecule has 0 bridgehead atoms. The number of benzene rings is 2. The minimum atomic E-state index is -1.21. The van der Waals surface area contributed by atoms with Crippen molar-refractivity contribution in [3.05, 3.63) is 71.9 Å². The molecule has 8 nitrogen and oxygen atoms in total. The number of carbonyl (C=O) groups excluding carboxylic acids is 2. The van der Waals surface area contributed by atoms with Crippen molar-refractivity contribution in [2.45, 2.75) is 32.4 Å². The first-order valence-electron chi connectivity index (χ1n) is 11.4. The maximum Gasteiger partial charge on any atom is 0.265 e. The lowest BCUT2D eigenvalue weighted by molar-refractivity contribution is -0.169. The van der Waals surface area contributed by atoms with Crippen molar-refractivity contribution in [3.63, 3.8) is 0 Å². The fourth-order valence-corrected chi connectivity index (χ4v) is 4.20. The molecule has 2 aromatic carbocycles. The monoisotopic (exact) mass is 462 g/mol. The van der Waals surface area contributed by atoms with Gasteiger partial charge in [-0.1, -0.05) is 44.2 Å². The summed E-state index contributed by atoms with van der Waals surface area (Å²) in [5.41, 5.74) is 7.90. The first-order valence-corrected chi connectivity index (χ1v) is 11.4. The van der Waals surface area contributed by atoms with Gasteiger partial charge in [0.25, 0.3) is 5.91 Å². The van der Waals surface area contributed by atoms with E-state index in [2.05, 4.69) is 4.98 Å². The molecule has 0 aliphatic carbocycles. The number of carbonyl (C=O) groups is 2. The van der Waals surface area contributed by atoms with Crippen molar-refractivity contribution in [1.82, 2.24) is 14.9 Å². The van der Waals surface area contributed by atoms with Crippen LogP contribution in [0.15, 0.2) is 60.8 Å². The summed E-state index contributed by atoms with van der Waals surface area (Å²) in [4.78, 5) is 31.1. The van der Waals surface area contributed by atoms with Crippen LogP contribution < -0.4 is 10.5 Å². The topological polar surface area (TPSA) is 109 Å². The van der Waals surface area contributed by atoms with Crippen LogP contribution in [-0.4, -0.2) is 51.6 Å². The second-order valence-corrected chi connectivity index (χ2v) is 9.12. The third kappa shape index (κ3) is 4.88. The highest BCUT2D eigenvalue weighted by molar-refractivity contribution is 5.92. The molecule has 1 unspecified atom stereocenters. The highest BCUT2D eigenvalue weighted by atomic mass is 16.5. The van der Waals surface area contributed by atoms with Gasteiger partial charge in [-0.05, 0) is 42.2 Å². The largest absolute Gasteiger partial charge is 0.489 e. The van der Waals surface area contributed by atoms with Crippen molar-refractivity contribution >= 4 is 22.7 Å². The predicted molar refractivity (Wildman–Crippen MR) is 128 cm³/mol. The number of nitrogens with two attached hydrogens (primary N) is 1. The van der Waals surface area contributed by atoms with Crippen LogP contribution in [0.1, 0.15) is 31.4 Å². The SMILES string of the molecule is CC(C)CN(O)C(=O)CN1CCC(N)(c2ccc(OCc3ccnc4ccccc34)cc2)C1=O. The average Bonchev–Trinajstić information content (AvgIpc) is 3.12. The number of hydrogen-bond acceptors (Lipinski definition) is 6. The number of amides is 2. The zero-order valence-electron chi connectivity index (χ0n) is 19.5. The van der Waals surface area contributed by atoms with Crippen LogP contribution in [0.4, 0.5) is 0 Å². The predicted octanol–water partition coefficient (Wildman–Crippen LogP) is 3.07. The van der Waals surface area contributed by atoms with Crippen LogP contribution >= 0.6 is 0 Å². The zero-order chi connectivity index (χ0) is 24.3. The second kappa shape index (κ2) is 9.79. The van der Waals surface area contributed by atoms with Crippen molar-refractivity contribution < 1.29 is 19.5 Å². The summed E-state index contributed by atoms with van der Waals surface area (Å²) in [5, 5.41) is 11.6. The highest BCUT2D eigenvalue weighted by Crippen LogP contribution is 2.32. The summed E-state index contributed by atoms with van der Waals surface area (Å²) in [6.45, 7) is 4.56. The van der Waals surface area contributed by atoms with E-state index in [4.69, 9.17) is 10.5 Å². The molecular weight excluding hydrogens is 432 g/mol. The van der Waals surface area contributed by atoms with Crippen LogP contribution in [0.2, 0.25) is 0 Å². The molecule has 2 heterocycles. The average molecular weight is 463 g/mol. The number of hydroxylamine groups is 2. The molecule has 1 aliphatic heterocycles. The summed E-state index contributed by atoms with van der Waals surface area (Å²) >= 11 is 0. The molecule has 1 atom stereocenters. The summed E-state index contributed by atoms with van der Waals surface area (Å²) in [6.07, 6.45) is 2.15. The van der Waals surface area contributed by atoms with Gasteiger partial charge in [0, 0.05) is 23.7 Å². The van der Waals surface area contributed by atoms with Gasteiger partial charge >= 0.3 is 0 Å². The molecule has 3 aromatic rings. The van der Waals surface area contributed by atoms with Crippen molar-refractivity contribution in [2.75, 3.05) is 19.6 Å². The van der Waals surface area contributed by atoms with Crippen LogP contribution in [-0.2, 0) is 21.7 Å². The van der Waals surface area contributed by atoms with Crippen LogP contribution in [0.5, 0.6) is 5.75 Å². The molecule has 0 radical (unpaired) electrons. The van der Waals surface area contributed by atoms with E-state index in [9.17, 15) is 14.8 Å². The molecule has 2 amide bonds. The van der Waals surface area contributed by atoms with E-state index < -0.39 is 11.4 Å². The Bertz CT molecular complexity index is 1180. The number of ether oxygens (including phenoxy) is 1. The Morgan fingerprint density at radius 1 is 1.21 bits per heavy atom. The van der Waals surface area contributed by atoms with Crippen LogP contribution in [0.25, 0.3) is 10.9 Å². The summed E-state index contributed by atoms with van der Waals surface area (Å²) < 4.78 is 5.97. The lowest BCUT2D eigenvalue weighted by Gasteiger charge is -2.25. The minimum Gasteiger partial charge on any atom is -0.489 e. The number of pyridine rings is 1. The molecule has 0 saturated carbocycles. The van der Waals surface area contributed by atoms with E-state index >= 15 is 0 Å². The maximum absolute atomic E-state index is 13.0. The van der Waals surface area contributed by atoms with Gasteiger partial charge in [-0.15, -0.1) is 0 Å². The van der Waals surface area contributed by atoms with E-state index in [1.54, 1.807) is 30.5 Å². The molecule has 178 valence electrons.